The zero-order chi connectivity index (χ0) is 15.9. The van der Waals surface area contributed by atoms with Crippen LogP contribution in [-0.4, -0.2) is 42.5 Å². The second-order valence-corrected chi connectivity index (χ2v) is 5.98. The summed E-state index contributed by atoms with van der Waals surface area (Å²) in [5.41, 5.74) is 1.39. The molecule has 3 rings (SSSR count). The Morgan fingerprint density at radius 1 is 1.23 bits per heavy atom. The van der Waals surface area contributed by atoms with Gasteiger partial charge in [-0.15, -0.1) is 0 Å². The number of nitrogens with zero attached hydrogens (tertiary/aromatic N) is 5. The number of piperazine rings is 1. The van der Waals surface area contributed by atoms with Crippen LogP contribution in [0.2, 0.25) is 5.15 Å². The van der Waals surface area contributed by atoms with Gasteiger partial charge in [-0.1, -0.05) is 11.6 Å². The summed E-state index contributed by atoms with van der Waals surface area (Å²) in [4.78, 5) is 19.6. The maximum atomic E-state index is 11.9. The predicted octanol–water partition coefficient (Wildman–Crippen LogP) is 1.63. The molecule has 0 spiro atoms. The Balaban J connectivity index is 2.11. The van der Waals surface area contributed by atoms with E-state index in [2.05, 4.69) is 17.1 Å². The Bertz CT molecular complexity index is 729. The highest BCUT2D eigenvalue weighted by Gasteiger charge is 2.34. The highest BCUT2D eigenvalue weighted by atomic mass is 35.5. The molecule has 1 aromatic heterocycles. The summed E-state index contributed by atoms with van der Waals surface area (Å²) >= 11 is 6.15. The van der Waals surface area contributed by atoms with Gasteiger partial charge in [0.15, 0.2) is 0 Å². The number of pyridine rings is 1. The maximum Gasteiger partial charge on any atom is 0.241 e. The summed E-state index contributed by atoms with van der Waals surface area (Å²) < 4.78 is 0. The third-order valence-electron chi connectivity index (χ3n) is 4.14. The first-order valence-corrected chi connectivity index (χ1v) is 7.47. The Hall–Kier alpha value is -2.31. The molecule has 0 aromatic carbocycles. The van der Waals surface area contributed by atoms with Crippen LogP contribution in [0.15, 0.2) is 0 Å². The van der Waals surface area contributed by atoms with Crippen LogP contribution in [-0.2, 0) is 4.79 Å². The quantitative estimate of drug-likeness (QED) is 0.774. The summed E-state index contributed by atoms with van der Waals surface area (Å²) in [5, 5.41) is 19.0. The molecule has 0 atom stereocenters. The van der Waals surface area contributed by atoms with Crippen LogP contribution < -0.4 is 4.90 Å². The molecule has 1 aromatic rings. The predicted molar refractivity (Wildman–Crippen MR) is 80.5 cm³/mol. The van der Waals surface area contributed by atoms with Crippen molar-refractivity contribution in [3.63, 3.8) is 0 Å². The van der Waals surface area contributed by atoms with Crippen LogP contribution >= 0.6 is 11.6 Å². The van der Waals surface area contributed by atoms with Crippen molar-refractivity contribution >= 4 is 23.3 Å². The number of anilines is 1. The number of carbonyl (C=O) groups excluding carboxylic acids is 1. The highest BCUT2D eigenvalue weighted by molar-refractivity contribution is 6.30. The minimum atomic E-state index is -0.0228. The van der Waals surface area contributed by atoms with E-state index in [-0.39, 0.29) is 23.5 Å². The molecule has 22 heavy (non-hydrogen) atoms. The molecule has 0 bridgehead atoms. The van der Waals surface area contributed by atoms with E-state index in [1.807, 2.05) is 0 Å². The van der Waals surface area contributed by atoms with Gasteiger partial charge in [-0.2, -0.15) is 10.5 Å². The van der Waals surface area contributed by atoms with Crippen LogP contribution in [0.1, 0.15) is 35.4 Å². The van der Waals surface area contributed by atoms with Crippen molar-refractivity contribution in [3.8, 4) is 12.1 Å². The van der Waals surface area contributed by atoms with E-state index in [9.17, 15) is 15.3 Å². The van der Waals surface area contributed by atoms with Gasteiger partial charge in [0, 0.05) is 20.1 Å². The van der Waals surface area contributed by atoms with Crippen LogP contribution in [0.3, 0.4) is 0 Å². The average molecular weight is 316 g/mol. The van der Waals surface area contributed by atoms with Crippen LogP contribution in [0.5, 0.6) is 0 Å². The third-order valence-corrected chi connectivity index (χ3v) is 4.41. The van der Waals surface area contributed by atoms with Gasteiger partial charge in [-0.05, 0) is 24.3 Å². The van der Waals surface area contributed by atoms with E-state index in [1.165, 1.54) is 0 Å². The minimum absolute atomic E-state index is 0.0228. The molecule has 0 unspecified atom stereocenters. The van der Waals surface area contributed by atoms with Gasteiger partial charge in [-0.25, -0.2) is 4.98 Å². The number of hydrogen-bond donors (Lipinski definition) is 0. The summed E-state index contributed by atoms with van der Waals surface area (Å²) in [6.45, 7) is 1.34. The zero-order valence-corrected chi connectivity index (χ0v) is 12.9. The number of likely N-dealkylation sites (N-methyl/N-ethyl adjacent to an activating group) is 1. The van der Waals surface area contributed by atoms with E-state index in [0.717, 1.165) is 12.8 Å². The molecule has 112 valence electrons. The van der Waals surface area contributed by atoms with Gasteiger partial charge in [-0.3, -0.25) is 4.79 Å². The monoisotopic (exact) mass is 315 g/mol. The second kappa shape index (κ2) is 5.47. The molecule has 0 N–H and O–H groups in total. The molecular weight excluding hydrogens is 302 g/mol. The first-order valence-electron chi connectivity index (χ1n) is 7.09. The summed E-state index contributed by atoms with van der Waals surface area (Å²) in [6, 6.07) is 4.24. The summed E-state index contributed by atoms with van der Waals surface area (Å²) in [6.07, 6.45) is 1.90. The summed E-state index contributed by atoms with van der Waals surface area (Å²) in [7, 11) is 1.75. The van der Waals surface area contributed by atoms with E-state index < -0.39 is 0 Å². The van der Waals surface area contributed by atoms with Crippen LogP contribution in [0.4, 0.5) is 5.82 Å². The number of hydrogen-bond acceptors (Lipinski definition) is 5. The Morgan fingerprint density at radius 3 is 2.45 bits per heavy atom. The molecule has 2 fully saturated rings. The number of aromatic nitrogens is 1. The van der Waals surface area contributed by atoms with Gasteiger partial charge in [0.1, 0.15) is 23.1 Å². The number of amides is 1. The fourth-order valence-corrected chi connectivity index (χ4v) is 2.95. The van der Waals surface area contributed by atoms with Crippen molar-refractivity contribution in [1.29, 1.82) is 10.5 Å². The maximum absolute atomic E-state index is 11.9. The van der Waals surface area contributed by atoms with E-state index >= 15 is 0 Å². The van der Waals surface area contributed by atoms with Gasteiger partial charge in [0.05, 0.1) is 17.7 Å². The van der Waals surface area contributed by atoms with Crippen molar-refractivity contribution in [1.82, 2.24) is 9.88 Å². The van der Waals surface area contributed by atoms with E-state index in [1.54, 1.807) is 16.8 Å². The standard InChI is InChI=1S/C15H14ClN5O/c1-20-4-5-21(8-12(20)22)15-11(7-18)13(9-2-3-9)10(6-17)14(16)19-15/h9H,2-5,8H2,1H3. The topological polar surface area (TPSA) is 84.0 Å². The van der Waals surface area contributed by atoms with Crippen molar-refractivity contribution in [2.45, 2.75) is 18.8 Å². The molecule has 1 saturated carbocycles. The van der Waals surface area contributed by atoms with Crippen molar-refractivity contribution in [2.75, 3.05) is 31.6 Å². The SMILES string of the molecule is CN1CCN(c2nc(Cl)c(C#N)c(C3CC3)c2C#N)CC1=O. The molecule has 1 saturated heterocycles. The van der Waals surface area contributed by atoms with Gasteiger partial charge in [0.2, 0.25) is 5.91 Å². The lowest BCUT2D eigenvalue weighted by atomic mass is 9.99. The molecule has 1 amide bonds. The van der Waals surface area contributed by atoms with Gasteiger partial charge < -0.3 is 9.80 Å². The molecule has 6 nitrogen and oxygen atoms in total. The van der Waals surface area contributed by atoms with E-state index in [4.69, 9.17) is 11.6 Å². The van der Waals surface area contributed by atoms with E-state index in [0.29, 0.717) is 35.6 Å². The third kappa shape index (κ3) is 2.36. The minimum Gasteiger partial charge on any atom is -0.344 e. The fourth-order valence-electron chi connectivity index (χ4n) is 2.73. The zero-order valence-electron chi connectivity index (χ0n) is 12.1. The Labute approximate surface area is 133 Å². The van der Waals surface area contributed by atoms with Crippen LogP contribution in [0.25, 0.3) is 0 Å². The van der Waals surface area contributed by atoms with Crippen molar-refractivity contribution in [2.24, 2.45) is 0 Å². The molecular formula is C15H14ClN5O. The Morgan fingerprint density at radius 2 is 1.91 bits per heavy atom. The molecule has 0 radical (unpaired) electrons. The largest absolute Gasteiger partial charge is 0.344 e. The molecule has 7 heteroatoms. The molecule has 2 aliphatic rings. The van der Waals surface area contributed by atoms with Crippen molar-refractivity contribution in [3.05, 3.63) is 21.8 Å². The lowest BCUT2D eigenvalue weighted by molar-refractivity contribution is -0.129. The fraction of sp³-hybridized carbons (Fsp3) is 0.467. The first kappa shape index (κ1) is 14.6. The molecule has 1 aliphatic heterocycles. The second-order valence-electron chi connectivity index (χ2n) is 5.62. The lowest BCUT2D eigenvalue weighted by Crippen LogP contribution is -2.49. The molecule has 1 aliphatic carbocycles. The highest BCUT2D eigenvalue weighted by Crippen LogP contribution is 2.46. The average Bonchev–Trinajstić information content (AvgIpc) is 3.33. The van der Waals surface area contributed by atoms with Crippen molar-refractivity contribution < 1.29 is 4.79 Å². The van der Waals surface area contributed by atoms with Crippen LogP contribution in [0, 0.1) is 22.7 Å². The Kier molecular flexibility index (Phi) is 3.64. The number of halogens is 1. The first-order chi connectivity index (χ1) is 10.6. The summed E-state index contributed by atoms with van der Waals surface area (Å²) in [5.74, 6) is 0.604. The smallest absolute Gasteiger partial charge is 0.241 e. The number of nitriles is 2. The normalized spacial score (nSPS) is 18.1. The van der Waals surface area contributed by atoms with Gasteiger partial charge in [0.25, 0.3) is 0 Å². The number of rotatable bonds is 2. The molecule has 2 heterocycles. The lowest BCUT2D eigenvalue weighted by Gasteiger charge is -2.33. The van der Waals surface area contributed by atoms with Gasteiger partial charge >= 0.3 is 0 Å². The number of carbonyl (C=O) groups is 1.